The normalized spacial score (nSPS) is 16.2. The minimum Gasteiger partial charge on any atom is -0.495 e. The maximum Gasteiger partial charge on any atom is 0.311 e. The number of nitriles is 1. The average molecular weight is 350 g/mol. The van der Waals surface area contributed by atoms with Crippen molar-refractivity contribution in [3.63, 3.8) is 0 Å². The van der Waals surface area contributed by atoms with E-state index < -0.39 is 11.9 Å². The molecule has 1 heterocycles. The van der Waals surface area contributed by atoms with Gasteiger partial charge >= 0.3 is 5.97 Å². The van der Waals surface area contributed by atoms with Gasteiger partial charge in [-0.25, -0.2) is 0 Å². The van der Waals surface area contributed by atoms with Gasteiger partial charge in [0.1, 0.15) is 12.4 Å². The average Bonchev–Trinajstić information content (AvgIpc) is 3.08. The smallest absolute Gasteiger partial charge is 0.311 e. The predicted octanol–water partition coefficient (Wildman–Crippen LogP) is 2.66. The van der Waals surface area contributed by atoms with Crippen molar-refractivity contribution in [1.29, 1.82) is 5.26 Å². The first-order valence-corrected chi connectivity index (χ1v) is 8.21. The summed E-state index contributed by atoms with van der Waals surface area (Å²) in [4.78, 5) is 26.2. The fourth-order valence-corrected chi connectivity index (χ4v) is 2.90. The number of para-hydroxylation sites is 2. The van der Waals surface area contributed by atoms with Crippen molar-refractivity contribution >= 4 is 17.6 Å². The molecule has 0 aliphatic carbocycles. The molecule has 1 fully saturated rings. The monoisotopic (exact) mass is 350 g/mol. The van der Waals surface area contributed by atoms with Gasteiger partial charge in [-0.15, -0.1) is 0 Å². The summed E-state index contributed by atoms with van der Waals surface area (Å²) in [5, 5.41) is 8.79. The molecule has 0 N–H and O–H groups in total. The van der Waals surface area contributed by atoms with E-state index in [1.807, 2.05) is 18.2 Å². The number of methoxy groups -OCH3 is 1. The van der Waals surface area contributed by atoms with Crippen LogP contribution in [0.15, 0.2) is 48.5 Å². The molecule has 1 aliphatic rings. The van der Waals surface area contributed by atoms with Crippen LogP contribution in [0.3, 0.4) is 0 Å². The number of nitrogens with zero attached hydrogens (tertiary/aromatic N) is 2. The number of carbonyl (C=O) groups is 2. The standard InChI is InChI=1S/C20H18N2O4/c1-25-18-5-3-2-4-17(18)22-12-16(10-19(22)23)20(24)26-13-15-8-6-14(11-21)7-9-15/h2-9,16H,10,12-13H2,1H3/t16-/m0/s1. The molecule has 0 bridgehead atoms. The highest BCUT2D eigenvalue weighted by molar-refractivity contribution is 6.00. The lowest BCUT2D eigenvalue weighted by Crippen LogP contribution is -2.26. The first-order chi connectivity index (χ1) is 12.6. The van der Waals surface area contributed by atoms with Gasteiger partial charge in [0.15, 0.2) is 0 Å². The molecular formula is C20H18N2O4. The van der Waals surface area contributed by atoms with E-state index in [-0.39, 0.29) is 25.5 Å². The molecule has 1 aliphatic heterocycles. The van der Waals surface area contributed by atoms with E-state index in [1.165, 1.54) is 0 Å². The van der Waals surface area contributed by atoms with E-state index in [4.69, 9.17) is 14.7 Å². The molecule has 132 valence electrons. The van der Waals surface area contributed by atoms with E-state index in [0.29, 0.717) is 17.0 Å². The summed E-state index contributed by atoms with van der Waals surface area (Å²) in [6, 6.07) is 16.1. The number of anilines is 1. The topological polar surface area (TPSA) is 79.6 Å². The van der Waals surface area contributed by atoms with Gasteiger partial charge in [-0.05, 0) is 29.8 Å². The molecule has 0 unspecified atom stereocenters. The number of hydrogen-bond acceptors (Lipinski definition) is 5. The Morgan fingerprint density at radius 2 is 1.96 bits per heavy atom. The summed E-state index contributed by atoms with van der Waals surface area (Å²) >= 11 is 0. The second-order valence-electron chi connectivity index (χ2n) is 5.99. The molecular weight excluding hydrogens is 332 g/mol. The summed E-state index contributed by atoms with van der Waals surface area (Å²) in [6.07, 6.45) is 0.115. The SMILES string of the molecule is COc1ccccc1N1C[C@@H](C(=O)OCc2ccc(C#N)cc2)CC1=O. The van der Waals surface area contributed by atoms with E-state index in [1.54, 1.807) is 48.4 Å². The summed E-state index contributed by atoms with van der Waals surface area (Å²) in [5.41, 5.74) is 2.00. The summed E-state index contributed by atoms with van der Waals surface area (Å²) < 4.78 is 10.6. The van der Waals surface area contributed by atoms with Gasteiger partial charge in [0.05, 0.1) is 30.3 Å². The lowest BCUT2D eigenvalue weighted by atomic mass is 10.1. The number of rotatable bonds is 5. The summed E-state index contributed by atoms with van der Waals surface area (Å²) in [6.45, 7) is 0.384. The molecule has 2 aromatic rings. The second-order valence-corrected chi connectivity index (χ2v) is 5.99. The van der Waals surface area contributed by atoms with Crippen molar-refractivity contribution in [2.75, 3.05) is 18.6 Å². The van der Waals surface area contributed by atoms with Crippen LogP contribution < -0.4 is 9.64 Å². The molecule has 0 radical (unpaired) electrons. The van der Waals surface area contributed by atoms with Crippen LogP contribution in [0, 0.1) is 17.2 Å². The fourth-order valence-electron chi connectivity index (χ4n) is 2.90. The molecule has 1 atom stereocenters. The largest absolute Gasteiger partial charge is 0.495 e. The maximum absolute atomic E-state index is 12.3. The third-order valence-electron chi connectivity index (χ3n) is 4.30. The van der Waals surface area contributed by atoms with Crippen LogP contribution >= 0.6 is 0 Å². The van der Waals surface area contributed by atoms with Gasteiger partial charge in [0, 0.05) is 13.0 Å². The van der Waals surface area contributed by atoms with E-state index >= 15 is 0 Å². The van der Waals surface area contributed by atoms with E-state index in [0.717, 1.165) is 5.56 Å². The first-order valence-electron chi connectivity index (χ1n) is 8.21. The van der Waals surface area contributed by atoms with Crippen LogP contribution in [0.25, 0.3) is 0 Å². The zero-order chi connectivity index (χ0) is 18.5. The van der Waals surface area contributed by atoms with Gasteiger partial charge in [-0.1, -0.05) is 24.3 Å². The number of amides is 1. The Hall–Kier alpha value is -3.33. The Labute approximate surface area is 151 Å². The molecule has 26 heavy (non-hydrogen) atoms. The molecule has 6 heteroatoms. The maximum atomic E-state index is 12.3. The molecule has 3 rings (SSSR count). The number of benzene rings is 2. The van der Waals surface area contributed by atoms with Crippen LogP contribution in [0.5, 0.6) is 5.75 Å². The second kappa shape index (κ2) is 7.70. The minimum absolute atomic E-state index is 0.115. The minimum atomic E-state index is -0.509. The van der Waals surface area contributed by atoms with E-state index in [2.05, 4.69) is 0 Å². The van der Waals surface area contributed by atoms with Crippen LogP contribution in [0.2, 0.25) is 0 Å². The van der Waals surface area contributed by atoms with Crippen molar-refractivity contribution in [2.24, 2.45) is 5.92 Å². The zero-order valence-corrected chi connectivity index (χ0v) is 14.3. The Balaban J connectivity index is 1.62. The van der Waals surface area contributed by atoms with Crippen LogP contribution in [0.4, 0.5) is 5.69 Å². The Morgan fingerprint density at radius 1 is 1.23 bits per heavy atom. The van der Waals surface area contributed by atoms with Gasteiger partial charge in [-0.2, -0.15) is 5.26 Å². The van der Waals surface area contributed by atoms with Gasteiger partial charge in [0.25, 0.3) is 0 Å². The van der Waals surface area contributed by atoms with Crippen LogP contribution in [0.1, 0.15) is 17.5 Å². The third-order valence-corrected chi connectivity index (χ3v) is 4.30. The fraction of sp³-hybridized carbons (Fsp3) is 0.250. The predicted molar refractivity (Wildman–Crippen MR) is 94.4 cm³/mol. The highest BCUT2D eigenvalue weighted by atomic mass is 16.5. The van der Waals surface area contributed by atoms with Crippen LogP contribution in [-0.2, 0) is 20.9 Å². The van der Waals surface area contributed by atoms with E-state index in [9.17, 15) is 9.59 Å². The van der Waals surface area contributed by atoms with Gasteiger partial charge in [-0.3, -0.25) is 9.59 Å². The van der Waals surface area contributed by atoms with Gasteiger partial charge < -0.3 is 14.4 Å². The molecule has 0 saturated carbocycles. The molecule has 0 aromatic heterocycles. The summed E-state index contributed by atoms with van der Waals surface area (Å²) in [5.74, 6) is -0.451. The molecule has 6 nitrogen and oxygen atoms in total. The number of hydrogen-bond donors (Lipinski definition) is 0. The van der Waals surface area contributed by atoms with Crippen molar-refractivity contribution in [1.82, 2.24) is 0 Å². The quantitative estimate of drug-likeness (QED) is 0.775. The Morgan fingerprint density at radius 3 is 2.65 bits per heavy atom. The summed E-state index contributed by atoms with van der Waals surface area (Å²) in [7, 11) is 1.54. The zero-order valence-electron chi connectivity index (χ0n) is 14.3. The molecule has 2 aromatic carbocycles. The number of carbonyl (C=O) groups excluding carboxylic acids is 2. The van der Waals surface area contributed by atoms with Crippen LogP contribution in [-0.4, -0.2) is 25.5 Å². The van der Waals surface area contributed by atoms with Crippen molar-refractivity contribution in [2.45, 2.75) is 13.0 Å². The van der Waals surface area contributed by atoms with Crippen molar-refractivity contribution in [3.8, 4) is 11.8 Å². The highest BCUT2D eigenvalue weighted by Crippen LogP contribution is 2.33. The number of esters is 1. The molecule has 1 saturated heterocycles. The molecule has 0 spiro atoms. The van der Waals surface area contributed by atoms with Gasteiger partial charge in [0.2, 0.25) is 5.91 Å². The lowest BCUT2D eigenvalue weighted by Gasteiger charge is -2.19. The van der Waals surface area contributed by atoms with Crippen molar-refractivity contribution < 1.29 is 19.1 Å². The van der Waals surface area contributed by atoms with Crippen molar-refractivity contribution in [3.05, 3.63) is 59.7 Å². The lowest BCUT2D eigenvalue weighted by molar-refractivity contribution is -0.149. The number of ether oxygens (including phenoxy) is 2. The third kappa shape index (κ3) is 3.67. The Bertz CT molecular complexity index is 855. The molecule has 1 amide bonds. The Kier molecular flexibility index (Phi) is 5.18. The first kappa shape index (κ1) is 17.5. The highest BCUT2D eigenvalue weighted by Gasteiger charge is 2.37.